The van der Waals surface area contributed by atoms with Crippen molar-refractivity contribution in [1.29, 1.82) is 0 Å². The van der Waals surface area contributed by atoms with Crippen molar-refractivity contribution in [3.8, 4) is 11.8 Å². The molecule has 2 aromatic rings. The Balaban J connectivity index is 2.09. The Morgan fingerprint density at radius 3 is 3.05 bits per heavy atom. The molecule has 0 aliphatic carbocycles. The lowest BCUT2D eigenvalue weighted by Gasteiger charge is -2.04. The molecule has 2 rings (SSSR count). The van der Waals surface area contributed by atoms with Gasteiger partial charge in [-0.1, -0.05) is 11.8 Å². The third-order valence-electron chi connectivity index (χ3n) is 2.40. The van der Waals surface area contributed by atoms with Gasteiger partial charge >= 0.3 is 0 Å². The molecule has 0 saturated carbocycles. The number of amides is 1. The molecule has 7 nitrogen and oxygen atoms in total. The number of rotatable bonds is 3. The molecule has 0 aromatic carbocycles. The van der Waals surface area contributed by atoms with Crippen LogP contribution in [0.2, 0.25) is 0 Å². The van der Waals surface area contributed by atoms with Crippen molar-refractivity contribution in [2.45, 2.75) is 6.54 Å². The number of nitrogens with two attached hydrogens (primary N) is 1. The highest BCUT2D eigenvalue weighted by atomic mass is 16.1. The Morgan fingerprint density at radius 1 is 1.50 bits per heavy atom. The van der Waals surface area contributed by atoms with Gasteiger partial charge in [0, 0.05) is 13.2 Å². The van der Waals surface area contributed by atoms with E-state index in [-0.39, 0.29) is 24.7 Å². The van der Waals surface area contributed by atoms with Gasteiger partial charge in [0.25, 0.3) is 5.91 Å². The summed E-state index contributed by atoms with van der Waals surface area (Å²) in [5, 5.41) is 6.78. The summed E-state index contributed by atoms with van der Waals surface area (Å²) in [6, 6.07) is 3.45. The lowest BCUT2D eigenvalue weighted by atomic mass is 10.2. The highest BCUT2D eigenvalue weighted by molar-refractivity contribution is 5.94. The number of aryl methyl sites for hydroxylation is 1. The van der Waals surface area contributed by atoms with E-state index in [1.165, 1.54) is 0 Å². The second-order valence-electron chi connectivity index (χ2n) is 3.92. The molecule has 2 heterocycles. The van der Waals surface area contributed by atoms with E-state index in [1.807, 2.05) is 0 Å². The van der Waals surface area contributed by atoms with Crippen LogP contribution >= 0.6 is 0 Å². The van der Waals surface area contributed by atoms with E-state index in [9.17, 15) is 4.79 Å². The van der Waals surface area contributed by atoms with Crippen LogP contribution in [0.15, 0.2) is 24.7 Å². The van der Waals surface area contributed by atoms with Crippen molar-refractivity contribution in [2.75, 3.05) is 6.54 Å². The number of carbonyl (C=O) groups is 1. The summed E-state index contributed by atoms with van der Waals surface area (Å²) in [6.45, 7) is 0.466. The van der Waals surface area contributed by atoms with E-state index in [2.05, 4.69) is 32.2 Å². The summed E-state index contributed by atoms with van der Waals surface area (Å²) in [4.78, 5) is 20.1. The standard InChI is InChI=1S/C13H14N6O/c1-19-9-17-11(18-19)8-16-13(20)12-10(4-2-6-14)5-3-7-15-12/h3,5,7,9H,6,8,14H2,1H3,(H,16,20). The maximum atomic E-state index is 12.1. The summed E-state index contributed by atoms with van der Waals surface area (Å²) in [6.07, 6.45) is 3.11. The van der Waals surface area contributed by atoms with E-state index in [0.717, 1.165) is 0 Å². The first kappa shape index (κ1) is 13.7. The van der Waals surface area contributed by atoms with Gasteiger partial charge < -0.3 is 11.1 Å². The molecular formula is C13H14N6O. The van der Waals surface area contributed by atoms with E-state index in [1.54, 1.807) is 36.4 Å². The second kappa shape index (κ2) is 6.45. The summed E-state index contributed by atoms with van der Waals surface area (Å²) in [7, 11) is 1.76. The maximum Gasteiger partial charge on any atom is 0.271 e. The number of hydrogen-bond donors (Lipinski definition) is 2. The third kappa shape index (κ3) is 3.40. The highest BCUT2D eigenvalue weighted by Gasteiger charge is 2.11. The zero-order valence-electron chi connectivity index (χ0n) is 11.0. The molecule has 1 amide bonds. The van der Waals surface area contributed by atoms with Gasteiger partial charge in [0.2, 0.25) is 0 Å². The van der Waals surface area contributed by atoms with Crippen LogP contribution in [0.5, 0.6) is 0 Å². The maximum absolute atomic E-state index is 12.1. The van der Waals surface area contributed by atoms with Gasteiger partial charge in [-0.2, -0.15) is 5.10 Å². The number of nitrogens with zero attached hydrogens (tertiary/aromatic N) is 4. The number of hydrogen-bond acceptors (Lipinski definition) is 5. The van der Waals surface area contributed by atoms with Crippen molar-refractivity contribution >= 4 is 5.91 Å². The molecule has 0 unspecified atom stereocenters. The van der Waals surface area contributed by atoms with Gasteiger partial charge in [0.05, 0.1) is 18.7 Å². The molecule has 20 heavy (non-hydrogen) atoms. The van der Waals surface area contributed by atoms with Crippen LogP contribution in [0.25, 0.3) is 0 Å². The molecule has 2 aromatic heterocycles. The van der Waals surface area contributed by atoms with Crippen LogP contribution in [0.1, 0.15) is 21.9 Å². The minimum Gasteiger partial charge on any atom is -0.343 e. The monoisotopic (exact) mass is 270 g/mol. The normalized spacial score (nSPS) is 9.70. The summed E-state index contributed by atoms with van der Waals surface area (Å²) >= 11 is 0. The third-order valence-corrected chi connectivity index (χ3v) is 2.40. The van der Waals surface area contributed by atoms with Crippen molar-refractivity contribution in [1.82, 2.24) is 25.1 Å². The minimum atomic E-state index is -0.320. The smallest absolute Gasteiger partial charge is 0.271 e. The fourth-order valence-electron chi connectivity index (χ4n) is 1.54. The van der Waals surface area contributed by atoms with E-state index in [4.69, 9.17) is 5.73 Å². The van der Waals surface area contributed by atoms with E-state index < -0.39 is 0 Å². The average molecular weight is 270 g/mol. The zero-order valence-corrected chi connectivity index (χ0v) is 11.0. The molecule has 0 aliphatic heterocycles. The van der Waals surface area contributed by atoms with Crippen molar-refractivity contribution in [3.05, 3.63) is 41.7 Å². The van der Waals surface area contributed by atoms with Crippen LogP contribution < -0.4 is 11.1 Å². The molecule has 0 aliphatic rings. The Kier molecular flexibility index (Phi) is 4.42. The molecule has 0 spiro atoms. The number of aromatic nitrogens is 4. The molecule has 0 bridgehead atoms. The first-order chi connectivity index (χ1) is 9.70. The average Bonchev–Trinajstić information content (AvgIpc) is 2.88. The van der Waals surface area contributed by atoms with Crippen LogP contribution in [0, 0.1) is 11.8 Å². The van der Waals surface area contributed by atoms with Crippen molar-refractivity contribution in [2.24, 2.45) is 12.8 Å². The number of nitrogens with one attached hydrogen (secondary N) is 1. The Labute approximate surface area is 116 Å². The molecule has 7 heteroatoms. The fraction of sp³-hybridized carbons (Fsp3) is 0.231. The molecule has 0 atom stereocenters. The quantitative estimate of drug-likeness (QED) is 0.729. The molecule has 3 N–H and O–H groups in total. The fourth-order valence-corrected chi connectivity index (χ4v) is 1.54. The second-order valence-corrected chi connectivity index (χ2v) is 3.92. The Morgan fingerprint density at radius 2 is 2.35 bits per heavy atom. The van der Waals surface area contributed by atoms with Crippen LogP contribution in [-0.2, 0) is 13.6 Å². The van der Waals surface area contributed by atoms with E-state index in [0.29, 0.717) is 11.4 Å². The van der Waals surface area contributed by atoms with Crippen molar-refractivity contribution < 1.29 is 4.79 Å². The Hall–Kier alpha value is -2.72. The highest BCUT2D eigenvalue weighted by Crippen LogP contribution is 2.03. The molecular weight excluding hydrogens is 256 g/mol. The number of carbonyl (C=O) groups excluding carboxylic acids is 1. The van der Waals surface area contributed by atoms with Gasteiger partial charge in [0.1, 0.15) is 12.0 Å². The molecule has 0 fully saturated rings. The zero-order chi connectivity index (χ0) is 14.4. The van der Waals surface area contributed by atoms with Crippen LogP contribution in [-0.4, -0.2) is 32.2 Å². The van der Waals surface area contributed by atoms with Gasteiger partial charge in [-0.3, -0.25) is 9.48 Å². The minimum absolute atomic E-state index is 0.230. The lowest BCUT2D eigenvalue weighted by Crippen LogP contribution is -2.25. The predicted octanol–water partition coefficient (Wildman–Crippen LogP) is -0.550. The van der Waals surface area contributed by atoms with Gasteiger partial charge in [-0.15, -0.1) is 0 Å². The molecule has 102 valence electrons. The predicted molar refractivity (Wildman–Crippen MR) is 72.3 cm³/mol. The lowest BCUT2D eigenvalue weighted by molar-refractivity contribution is 0.0944. The summed E-state index contributed by atoms with van der Waals surface area (Å²) in [5.74, 6) is 5.74. The van der Waals surface area contributed by atoms with Crippen molar-refractivity contribution in [3.63, 3.8) is 0 Å². The first-order valence-corrected chi connectivity index (χ1v) is 5.97. The molecule has 0 saturated heterocycles. The molecule has 0 radical (unpaired) electrons. The first-order valence-electron chi connectivity index (χ1n) is 5.97. The topological polar surface area (TPSA) is 98.7 Å². The van der Waals surface area contributed by atoms with Gasteiger partial charge in [-0.05, 0) is 12.1 Å². The SMILES string of the molecule is Cn1cnc(CNC(=O)c2ncccc2C#CCN)n1. The Bertz CT molecular complexity index is 667. The van der Waals surface area contributed by atoms with Crippen LogP contribution in [0.3, 0.4) is 0 Å². The van der Waals surface area contributed by atoms with Gasteiger partial charge in [-0.25, -0.2) is 9.97 Å². The van der Waals surface area contributed by atoms with Gasteiger partial charge in [0.15, 0.2) is 5.82 Å². The summed E-state index contributed by atoms with van der Waals surface area (Å²) < 4.78 is 1.57. The van der Waals surface area contributed by atoms with Crippen LogP contribution in [0.4, 0.5) is 0 Å². The largest absolute Gasteiger partial charge is 0.343 e. The number of pyridine rings is 1. The summed E-state index contributed by atoms with van der Waals surface area (Å²) in [5.41, 5.74) is 6.14. The van der Waals surface area contributed by atoms with E-state index >= 15 is 0 Å².